The Balaban J connectivity index is 1.66. The van der Waals surface area contributed by atoms with E-state index < -0.39 is 6.10 Å². The van der Waals surface area contributed by atoms with E-state index in [0.29, 0.717) is 25.7 Å². The summed E-state index contributed by atoms with van der Waals surface area (Å²) in [6.07, 6.45) is 3.03. The Kier molecular flexibility index (Phi) is 3.64. The summed E-state index contributed by atoms with van der Waals surface area (Å²) in [5.41, 5.74) is 0.841. The normalized spacial score (nSPS) is 35.1. The fourth-order valence-electron chi connectivity index (χ4n) is 4.94. The van der Waals surface area contributed by atoms with E-state index in [1.807, 2.05) is 29.2 Å². The number of nitrogens with zero attached hydrogens (tertiary/aromatic N) is 1. The van der Waals surface area contributed by atoms with Crippen molar-refractivity contribution in [2.75, 3.05) is 7.11 Å². The highest BCUT2D eigenvalue weighted by Crippen LogP contribution is 2.50. The number of rotatable bonds is 3. The molecule has 2 heterocycles. The lowest BCUT2D eigenvalue weighted by molar-refractivity contribution is -0.162. The van der Waals surface area contributed by atoms with Crippen molar-refractivity contribution >= 4 is 11.7 Å². The van der Waals surface area contributed by atoms with Gasteiger partial charge >= 0.3 is 0 Å². The van der Waals surface area contributed by atoms with Crippen molar-refractivity contribution in [3.63, 3.8) is 0 Å². The molecular formula is C19H23NO4. The highest BCUT2D eigenvalue weighted by molar-refractivity contribution is 5.86. The summed E-state index contributed by atoms with van der Waals surface area (Å²) in [4.78, 5) is 26.8. The fraction of sp³-hybridized carbons (Fsp3) is 0.579. The quantitative estimate of drug-likeness (QED) is 0.917. The summed E-state index contributed by atoms with van der Waals surface area (Å²) in [5, 5.41) is 10.8. The Morgan fingerprint density at radius 3 is 2.62 bits per heavy atom. The first-order chi connectivity index (χ1) is 11.5. The second-order valence-electron chi connectivity index (χ2n) is 7.38. The number of hydrogen-bond acceptors (Lipinski definition) is 4. The molecule has 24 heavy (non-hydrogen) atoms. The van der Waals surface area contributed by atoms with Gasteiger partial charge in [0.05, 0.1) is 19.3 Å². The highest BCUT2D eigenvalue weighted by atomic mass is 16.5. The zero-order valence-electron chi connectivity index (χ0n) is 13.9. The molecule has 4 rings (SSSR count). The molecule has 3 aliphatic rings. The van der Waals surface area contributed by atoms with E-state index in [2.05, 4.69) is 0 Å². The topological polar surface area (TPSA) is 66.8 Å². The van der Waals surface area contributed by atoms with E-state index >= 15 is 0 Å². The number of fused-ring (bicyclic) bond motifs is 1. The van der Waals surface area contributed by atoms with Crippen molar-refractivity contribution in [1.29, 1.82) is 0 Å². The van der Waals surface area contributed by atoms with Crippen molar-refractivity contribution in [1.82, 2.24) is 4.90 Å². The number of amides is 1. The summed E-state index contributed by atoms with van der Waals surface area (Å²) in [6, 6.07) is 7.39. The van der Waals surface area contributed by atoms with Crippen LogP contribution in [0.3, 0.4) is 0 Å². The number of hydrogen-bond donors (Lipinski definition) is 1. The molecule has 5 nitrogen and oxygen atoms in total. The van der Waals surface area contributed by atoms with Gasteiger partial charge in [0.25, 0.3) is 0 Å². The van der Waals surface area contributed by atoms with E-state index in [1.54, 1.807) is 7.11 Å². The maximum Gasteiger partial charge on any atom is 0.223 e. The molecule has 1 aromatic carbocycles. The molecule has 1 spiro atoms. The van der Waals surface area contributed by atoms with Crippen molar-refractivity contribution in [3.05, 3.63) is 29.8 Å². The highest BCUT2D eigenvalue weighted by Gasteiger charge is 2.59. The van der Waals surface area contributed by atoms with Crippen LogP contribution in [0.4, 0.5) is 0 Å². The summed E-state index contributed by atoms with van der Waals surface area (Å²) in [5.74, 6) is 0.750. The number of aliphatic hydroxyl groups excluding tert-OH is 1. The summed E-state index contributed by atoms with van der Waals surface area (Å²) in [7, 11) is 1.62. The number of ketones is 1. The molecule has 0 radical (unpaired) electrons. The van der Waals surface area contributed by atoms with Gasteiger partial charge in [0.2, 0.25) is 5.91 Å². The van der Waals surface area contributed by atoms with Crippen LogP contribution in [0.15, 0.2) is 24.3 Å². The number of methoxy groups -OCH3 is 1. The molecule has 2 aliphatic heterocycles. The van der Waals surface area contributed by atoms with Gasteiger partial charge in [-0.25, -0.2) is 0 Å². The third-order valence-corrected chi connectivity index (χ3v) is 6.18. The maximum atomic E-state index is 12.5. The number of ether oxygens (including phenoxy) is 1. The first-order valence-electron chi connectivity index (χ1n) is 8.70. The SMILES string of the molecule is COc1ccc(C[C@H]2[C@@H](O)[C@H]3C[C@@]4(CCC3=O)CCC(=O)N24)cc1. The molecule has 0 unspecified atom stereocenters. The molecule has 5 heteroatoms. The van der Waals surface area contributed by atoms with Crippen LogP contribution in [0.5, 0.6) is 5.75 Å². The third kappa shape index (κ3) is 2.25. The van der Waals surface area contributed by atoms with Gasteiger partial charge < -0.3 is 14.7 Å². The predicted molar refractivity (Wildman–Crippen MR) is 87.7 cm³/mol. The van der Waals surface area contributed by atoms with Crippen LogP contribution in [-0.4, -0.2) is 46.5 Å². The lowest BCUT2D eigenvalue weighted by Gasteiger charge is -2.54. The molecule has 1 aromatic rings. The Bertz CT molecular complexity index is 670. The first kappa shape index (κ1) is 15.6. The molecule has 1 N–H and O–H groups in total. The Hall–Kier alpha value is -1.88. The van der Waals surface area contributed by atoms with Crippen LogP contribution >= 0.6 is 0 Å². The molecule has 4 atom stereocenters. The van der Waals surface area contributed by atoms with Crippen LogP contribution < -0.4 is 4.74 Å². The first-order valence-corrected chi connectivity index (χ1v) is 8.70. The monoisotopic (exact) mass is 329 g/mol. The van der Waals surface area contributed by atoms with Crippen LogP contribution in [0, 0.1) is 5.92 Å². The molecule has 1 aliphatic carbocycles. The lowest BCUT2D eigenvalue weighted by atomic mass is 9.66. The minimum absolute atomic E-state index is 0.125. The van der Waals surface area contributed by atoms with Gasteiger partial charge in [-0.05, 0) is 43.4 Å². The average Bonchev–Trinajstić information content (AvgIpc) is 2.92. The van der Waals surface area contributed by atoms with Gasteiger partial charge in [0, 0.05) is 24.3 Å². The van der Waals surface area contributed by atoms with E-state index in [9.17, 15) is 14.7 Å². The number of aliphatic hydroxyl groups is 1. The molecule has 1 saturated carbocycles. The standard InChI is InChI=1S/C19H23NO4/c1-24-13-4-2-12(3-5-13)10-15-18(23)14-11-19(8-6-16(14)21)9-7-17(22)20(15)19/h2-5,14-15,18,23H,6-11H2,1H3/t14-,15-,18-,19+/m0/s1. The fourth-order valence-corrected chi connectivity index (χ4v) is 4.94. The van der Waals surface area contributed by atoms with Crippen molar-refractivity contribution in [2.24, 2.45) is 5.92 Å². The van der Waals surface area contributed by atoms with Crippen molar-refractivity contribution in [3.8, 4) is 5.75 Å². The van der Waals surface area contributed by atoms with Gasteiger partial charge in [-0.1, -0.05) is 12.1 Å². The second-order valence-corrected chi connectivity index (χ2v) is 7.38. The Morgan fingerprint density at radius 2 is 1.92 bits per heavy atom. The minimum Gasteiger partial charge on any atom is -0.497 e. The van der Waals surface area contributed by atoms with Crippen molar-refractivity contribution in [2.45, 2.75) is 56.2 Å². The summed E-state index contributed by atoms with van der Waals surface area (Å²) in [6.45, 7) is 0. The minimum atomic E-state index is -0.768. The zero-order chi connectivity index (χ0) is 16.9. The number of Topliss-reactive ketones (excluding diaryl/α,β-unsaturated/α-hetero) is 1. The van der Waals surface area contributed by atoms with E-state index in [4.69, 9.17) is 4.74 Å². The smallest absolute Gasteiger partial charge is 0.223 e. The average molecular weight is 329 g/mol. The van der Waals surface area contributed by atoms with Crippen LogP contribution in [0.2, 0.25) is 0 Å². The number of carbonyl (C=O) groups excluding carboxylic acids is 2. The number of benzene rings is 1. The van der Waals surface area contributed by atoms with Crippen LogP contribution in [-0.2, 0) is 16.0 Å². The summed E-state index contributed by atoms with van der Waals surface area (Å²) < 4.78 is 5.18. The molecule has 3 fully saturated rings. The molecular weight excluding hydrogens is 306 g/mol. The van der Waals surface area contributed by atoms with Gasteiger partial charge in [-0.15, -0.1) is 0 Å². The van der Waals surface area contributed by atoms with Gasteiger partial charge in [-0.3, -0.25) is 9.59 Å². The van der Waals surface area contributed by atoms with Crippen LogP contribution in [0.25, 0.3) is 0 Å². The van der Waals surface area contributed by atoms with Gasteiger partial charge in [-0.2, -0.15) is 0 Å². The number of piperidine rings is 1. The molecule has 128 valence electrons. The lowest BCUT2D eigenvalue weighted by Crippen LogP contribution is -2.66. The van der Waals surface area contributed by atoms with Crippen molar-refractivity contribution < 1.29 is 19.4 Å². The second kappa shape index (κ2) is 5.59. The molecule has 0 aromatic heterocycles. The number of carbonyl (C=O) groups is 2. The molecule has 2 bridgehead atoms. The van der Waals surface area contributed by atoms with Gasteiger partial charge in [0.15, 0.2) is 0 Å². The predicted octanol–water partition coefficient (Wildman–Crippen LogP) is 1.71. The zero-order valence-corrected chi connectivity index (χ0v) is 13.9. The Labute approximate surface area is 141 Å². The molecule has 2 saturated heterocycles. The van der Waals surface area contributed by atoms with Gasteiger partial charge in [0.1, 0.15) is 11.5 Å². The third-order valence-electron chi connectivity index (χ3n) is 6.18. The molecule has 1 amide bonds. The van der Waals surface area contributed by atoms with Crippen LogP contribution in [0.1, 0.15) is 37.7 Å². The largest absolute Gasteiger partial charge is 0.497 e. The van der Waals surface area contributed by atoms with E-state index in [1.165, 1.54) is 0 Å². The Morgan fingerprint density at radius 1 is 1.21 bits per heavy atom. The van der Waals surface area contributed by atoms with E-state index in [-0.39, 0.29) is 29.2 Å². The maximum absolute atomic E-state index is 12.5. The van der Waals surface area contributed by atoms with E-state index in [0.717, 1.165) is 24.2 Å². The summed E-state index contributed by atoms with van der Waals surface area (Å²) >= 11 is 0.